The molecule has 2 N–H and O–H groups in total. The smallest absolute Gasteiger partial charge is 0.0834 e. The van der Waals surface area contributed by atoms with Crippen molar-refractivity contribution in [3.05, 3.63) is 0 Å². The minimum atomic E-state index is -0.333. The molecule has 0 amide bonds. The molecule has 1 heterocycles. The Kier molecular flexibility index (Phi) is 4.35. The predicted molar refractivity (Wildman–Crippen MR) is 55.0 cm³/mol. The summed E-state index contributed by atoms with van der Waals surface area (Å²) in [6.45, 7) is 6.29. The normalized spacial score (nSPS) is 40.9. The van der Waals surface area contributed by atoms with Crippen LogP contribution in [0.4, 0.5) is 0 Å². The van der Waals surface area contributed by atoms with Crippen LogP contribution in [0.1, 0.15) is 33.6 Å². The zero-order chi connectivity index (χ0) is 10.7. The monoisotopic (exact) mass is 202 g/mol. The maximum Gasteiger partial charge on any atom is 0.0834 e. The number of aliphatic hydroxyl groups is 2. The molecule has 0 saturated carbocycles. The number of hydrogen-bond donors (Lipinski definition) is 2. The van der Waals surface area contributed by atoms with E-state index in [2.05, 4.69) is 13.8 Å². The maximum absolute atomic E-state index is 9.80. The van der Waals surface area contributed by atoms with E-state index in [-0.39, 0.29) is 30.8 Å². The van der Waals surface area contributed by atoms with E-state index in [1.54, 1.807) is 0 Å². The Bertz CT molecular complexity index is 170. The topological polar surface area (TPSA) is 49.7 Å². The summed E-state index contributed by atoms with van der Waals surface area (Å²) in [7, 11) is 0. The Hall–Kier alpha value is -0.120. The van der Waals surface area contributed by atoms with Gasteiger partial charge in [0.25, 0.3) is 0 Å². The molecule has 0 aromatic carbocycles. The van der Waals surface area contributed by atoms with Gasteiger partial charge < -0.3 is 14.9 Å². The predicted octanol–water partition coefficient (Wildman–Crippen LogP) is 1.18. The summed E-state index contributed by atoms with van der Waals surface area (Å²) in [4.78, 5) is 0. The van der Waals surface area contributed by atoms with E-state index < -0.39 is 0 Å². The summed E-state index contributed by atoms with van der Waals surface area (Å²) in [6.07, 6.45) is 1.17. The highest BCUT2D eigenvalue weighted by Gasteiger charge is 2.36. The van der Waals surface area contributed by atoms with Crippen molar-refractivity contribution in [3.63, 3.8) is 0 Å². The van der Waals surface area contributed by atoms with Crippen LogP contribution >= 0.6 is 0 Å². The van der Waals surface area contributed by atoms with Gasteiger partial charge in [0.2, 0.25) is 0 Å². The molecule has 0 aromatic heterocycles. The molecule has 3 heteroatoms. The molecule has 1 aliphatic rings. The van der Waals surface area contributed by atoms with Crippen LogP contribution in [-0.2, 0) is 4.74 Å². The first-order chi connectivity index (χ1) is 6.60. The maximum atomic E-state index is 9.80. The van der Waals surface area contributed by atoms with Crippen LogP contribution in [0.5, 0.6) is 0 Å². The van der Waals surface area contributed by atoms with Crippen molar-refractivity contribution in [2.24, 2.45) is 11.8 Å². The SMILES string of the molecule is CC[C@H](C)[C@H]1O[C@@H](CO)C[C@@H](O)[C@@H]1C. The van der Waals surface area contributed by atoms with Crippen molar-refractivity contribution in [2.75, 3.05) is 6.61 Å². The van der Waals surface area contributed by atoms with E-state index in [0.717, 1.165) is 6.42 Å². The molecule has 0 aromatic rings. The van der Waals surface area contributed by atoms with Crippen LogP contribution in [0.15, 0.2) is 0 Å². The van der Waals surface area contributed by atoms with Gasteiger partial charge in [-0.3, -0.25) is 0 Å². The molecular formula is C11H22O3. The first-order valence-electron chi connectivity index (χ1n) is 5.54. The second-order valence-corrected chi connectivity index (χ2v) is 4.45. The van der Waals surface area contributed by atoms with Crippen LogP contribution in [-0.4, -0.2) is 35.1 Å². The third-order valence-corrected chi connectivity index (χ3v) is 3.39. The van der Waals surface area contributed by atoms with Crippen molar-refractivity contribution in [2.45, 2.75) is 51.9 Å². The molecule has 1 rings (SSSR count). The molecular weight excluding hydrogens is 180 g/mol. The molecule has 14 heavy (non-hydrogen) atoms. The van der Waals surface area contributed by atoms with Crippen molar-refractivity contribution in [3.8, 4) is 0 Å². The van der Waals surface area contributed by atoms with E-state index in [0.29, 0.717) is 12.3 Å². The average molecular weight is 202 g/mol. The highest BCUT2D eigenvalue weighted by Crippen LogP contribution is 2.30. The lowest BCUT2D eigenvalue weighted by Gasteiger charge is -2.40. The fourth-order valence-corrected chi connectivity index (χ4v) is 2.11. The second kappa shape index (κ2) is 5.10. The number of ether oxygens (including phenoxy) is 1. The molecule has 3 nitrogen and oxygen atoms in total. The first kappa shape index (κ1) is 12.0. The summed E-state index contributed by atoms with van der Waals surface area (Å²) in [6, 6.07) is 0. The number of aliphatic hydroxyl groups excluding tert-OH is 2. The third-order valence-electron chi connectivity index (χ3n) is 3.39. The Labute approximate surface area is 86.1 Å². The zero-order valence-corrected chi connectivity index (χ0v) is 9.31. The Balaban J connectivity index is 2.62. The van der Waals surface area contributed by atoms with Gasteiger partial charge in [0.05, 0.1) is 24.9 Å². The highest BCUT2D eigenvalue weighted by atomic mass is 16.5. The molecule has 1 fully saturated rings. The lowest BCUT2D eigenvalue weighted by molar-refractivity contribution is -0.159. The van der Waals surface area contributed by atoms with Gasteiger partial charge in [0.15, 0.2) is 0 Å². The Morgan fingerprint density at radius 1 is 1.50 bits per heavy atom. The van der Waals surface area contributed by atoms with Gasteiger partial charge >= 0.3 is 0 Å². The van der Waals surface area contributed by atoms with Crippen LogP contribution < -0.4 is 0 Å². The summed E-state index contributed by atoms with van der Waals surface area (Å²) in [5.41, 5.74) is 0. The summed E-state index contributed by atoms with van der Waals surface area (Å²) < 4.78 is 5.76. The average Bonchev–Trinajstić information content (AvgIpc) is 2.20. The van der Waals surface area contributed by atoms with Gasteiger partial charge in [-0.05, 0) is 5.92 Å². The fraction of sp³-hybridized carbons (Fsp3) is 1.00. The Morgan fingerprint density at radius 2 is 2.14 bits per heavy atom. The van der Waals surface area contributed by atoms with E-state index in [1.807, 2.05) is 6.92 Å². The van der Waals surface area contributed by atoms with Gasteiger partial charge in [0, 0.05) is 12.3 Å². The lowest BCUT2D eigenvalue weighted by atomic mass is 9.83. The summed E-state index contributed by atoms with van der Waals surface area (Å²) in [5, 5.41) is 18.8. The zero-order valence-electron chi connectivity index (χ0n) is 9.31. The van der Waals surface area contributed by atoms with Gasteiger partial charge in [-0.1, -0.05) is 27.2 Å². The molecule has 1 saturated heterocycles. The molecule has 1 aliphatic heterocycles. The molecule has 84 valence electrons. The molecule has 0 unspecified atom stereocenters. The first-order valence-corrected chi connectivity index (χ1v) is 5.54. The van der Waals surface area contributed by atoms with E-state index in [4.69, 9.17) is 9.84 Å². The van der Waals surface area contributed by atoms with E-state index in [9.17, 15) is 5.11 Å². The quantitative estimate of drug-likeness (QED) is 0.722. The summed E-state index contributed by atoms with van der Waals surface area (Å²) >= 11 is 0. The van der Waals surface area contributed by atoms with Crippen LogP contribution in [0, 0.1) is 11.8 Å². The molecule has 0 bridgehead atoms. The van der Waals surface area contributed by atoms with E-state index in [1.165, 1.54) is 0 Å². The second-order valence-electron chi connectivity index (χ2n) is 4.45. The third kappa shape index (κ3) is 2.47. The van der Waals surface area contributed by atoms with Gasteiger partial charge in [-0.25, -0.2) is 0 Å². The minimum absolute atomic E-state index is 0.0106. The van der Waals surface area contributed by atoms with Crippen LogP contribution in [0.3, 0.4) is 0 Å². The molecule has 0 aliphatic carbocycles. The largest absolute Gasteiger partial charge is 0.394 e. The molecule has 0 spiro atoms. The number of rotatable bonds is 3. The standard InChI is InChI=1S/C11H22O3/c1-4-7(2)11-8(3)10(13)5-9(6-12)14-11/h7-13H,4-6H2,1-3H3/t7-,8-,9+,10+,11+/m0/s1. The molecule has 5 atom stereocenters. The Morgan fingerprint density at radius 3 is 2.64 bits per heavy atom. The van der Waals surface area contributed by atoms with Gasteiger partial charge in [0.1, 0.15) is 0 Å². The van der Waals surface area contributed by atoms with Crippen LogP contribution in [0.2, 0.25) is 0 Å². The van der Waals surface area contributed by atoms with Crippen molar-refractivity contribution < 1.29 is 14.9 Å². The minimum Gasteiger partial charge on any atom is -0.394 e. The van der Waals surface area contributed by atoms with Crippen LogP contribution in [0.25, 0.3) is 0 Å². The summed E-state index contributed by atoms with van der Waals surface area (Å²) in [5.74, 6) is 0.613. The highest BCUT2D eigenvalue weighted by molar-refractivity contribution is 4.85. The van der Waals surface area contributed by atoms with Crippen molar-refractivity contribution in [1.82, 2.24) is 0 Å². The lowest BCUT2D eigenvalue weighted by Crippen LogP contribution is -2.46. The fourth-order valence-electron chi connectivity index (χ4n) is 2.11. The van der Waals surface area contributed by atoms with Gasteiger partial charge in [-0.15, -0.1) is 0 Å². The van der Waals surface area contributed by atoms with Crippen molar-refractivity contribution in [1.29, 1.82) is 0 Å². The van der Waals surface area contributed by atoms with Gasteiger partial charge in [-0.2, -0.15) is 0 Å². The van der Waals surface area contributed by atoms with Crippen molar-refractivity contribution >= 4 is 0 Å². The van der Waals surface area contributed by atoms with E-state index >= 15 is 0 Å². The number of hydrogen-bond acceptors (Lipinski definition) is 3. The molecule has 0 radical (unpaired) electrons.